The molecule has 0 radical (unpaired) electrons. The van der Waals surface area contributed by atoms with Crippen molar-refractivity contribution in [1.29, 1.82) is 0 Å². The first kappa shape index (κ1) is 14.4. The molecule has 0 aromatic heterocycles. The predicted molar refractivity (Wildman–Crippen MR) is 74.8 cm³/mol. The monoisotopic (exact) mass is 295 g/mol. The van der Waals surface area contributed by atoms with E-state index in [0.717, 1.165) is 18.9 Å². The smallest absolute Gasteiger partial charge is 0.328 e. The van der Waals surface area contributed by atoms with Gasteiger partial charge < -0.3 is 15.2 Å². The summed E-state index contributed by atoms with van der Waals surface area (Å²) in [5, 5.41) is 11.9. The first-order chi connectivity index (χ1) is 9.54. The molecule has 0 saturated heterocycles. The maximum absolute atomic E-state index is 11.5. The molecule has 1 aliphatic carbocycles. The Morgan fingerprint density at radius 2 is 2.20 bits per heavy atom. The Morgan fingerprint density at radius 1 is 1.45 bits per heavy atom. The maximum Gasteiger partial charge on any atom is 0.328 e. The molecular formula is C14H14ClNO4. The third kappa shape index (κ3) is 4.59. The fraction of sp³-hybridized carbons (Fsp3) is 0.286. The van der Waals surface area contributed by atoms with Crippen LogP contribution in [0.1, 0.15) is 18.4 Å². The molecule has 1 aromatic carbocycles. The van der Waals surface area contributed by atoms with Gasteiger partial charge in [0, 0.05) is 22.7 Å². The molecule has 20 heavy (non-hydrogen) atoms. The fourth-order valence-electron chi connectivity index (χ4n) is 1.58. The molecule has 1 aromatic rings. The Hall–Kier alpha value is -2.01. The summed E-state index contributed by atoms with van der Waals surface area (Å²) < 4.78 is 5.40. The van der Waals surface area contributed by atoms with Gasteiger partial charge in [0.15, 0.2) is 6.61 Å². The van der Waals surface area contributed by atoms with Crippen molar-refractivity contribution < 1.29 is 19.4 Å². The number of carboxylic acid groups (broad SMARTS) is 1. The molecule has 0 aliphatic heterocycles. The minimum Gasteiger partial charge on any atom is -0.483 e. The summed E-state index contributed by atoms with van der Waals surface area (Å²) in [6.45, 7) is -0.105. The molecule has 0 heterocycles. The van der Waals surface area contributed by atoms with E-state index >= 15 is 0 Å². The normalized spacial score (nSPS) is 14.2. The zero-order chi connectivity index (χ0) is 14.5. The number of carbonyl (C=O) groups is 2. The number of nitrogens with one attached hydrogen (secondary N) is 1. The largest absolute Gasteiger partial charge is 0.483 e. The van der Waals surface area contributed by atoms with Gasteiger partial charge in [0.25, 0.3) is 5.91 Å². The van der Waals surface area contributed by atoms with Crippen LogP contribution in [0.3, 0.4) is 0 Å². The van der Waals surface area contributed by atoms with Crippen molar-refractivity contribution in [3.8, 4) is 5.75 Å². The van der Waals surface area contributed by atoms with Gasteiger partial charge in [0.05, 0.1) is 0 Å². The molecule has 106 valence electrons. The molecule has 0 unspecified atom stereocenters. The van der Waals surface area contributed by atoms with Gasteiger partial charge in [-0.05, 0) is 37.1 Å². The summed E-state index contributed by atoms with van der Waals surface area (Å²) in [7, 11) is 0. The van der Waals surface area contributed by atoms with E-state index in [1.165, 1.54) is 6.08 Å². The number of rotatable bonds is 6. The summed E-state index contributed by atoms with van der Waals surface area (Å²) in [6, 6.07) is 5.08. The molecule has 2 N–H and O–H groups in total. The van der Waals surface area contributed by atoms with Gasteiger partial charge in [-0.15, -0.1) is 0 Å². The van der Waals surface area contributed by atoms with Crippen LogP contribution < -0.4 is 10.1 Å². The lowest BCUT2D eigenvalue weighted by Gasteiger charge is -2.09. The molecule has 1 saturated carbocycles. The van der Waals surface area contributed by atoms with Crippen LogP contribution in [-0.4, -0.2) is 29.6 Å². The molecule has 1 amide bonds. The second-order valence-corrected chi connectivity index (χ2v) is 4.92. The van der Waals surface area contributed by atoms with E-state index in [2.05, 4.69) is 5.32 Å². The summed E-state index contributed by atoms with van der Waals surface area (Å²) >= 11 is 5.86. The second-order valence-electron chi connectivity index (χ2n) is 4.48. The number of amides is 1. The standard InChI is InChI=1S/C14H14ClNO4/c15-10-2-5-12(9(7-10)1-6-14(18)19)20-8-13(17)16-11-3-4-11/h1-2,5-7,11H,3-4,8H2,(H,16,17)(H,18,19)/b6-1+. The zero-order valence-electron chi connectivity index (χ0n) is 10.6. The van der Waals surface area contributed by atoms with Crippen LogP contribution >= 0.6 is 11.6 Å². The van der Waals surface area contributed by atoms with Gasteiger partial charge in [-0.3, -0.25) is 4.79 Å². The Kier molecular flexibility index (Phi) is 4.63. The second kappa shape index (κ2) is 6.43. The number of halogens is 1. The maximum atomic E-state index is 11.5. The number of carbonyl (C=O) groups excluding carboxylic acids is 1. The van der Waals surface area contributed by atoms with E-state index in [9.17, 15) is 9.59 Å². The van der Waals surface area contributed by atoms with Crippen molar-refractivity contribution in [1.82, 2.24) is 5.32 Å². The quantitative estimate of drug-likeness (QED) is 0.788. The van der Waals surface area contributed by atoms with Gasteiger partial charge in [-0.25, -0.2) is 4.79 Å². The number of hydrogen-bond acceptors (Lipinski definition) is 3. The average Bonchev–Trinajstić information content (AvgIpc) is 3.19. The van der Waals surface area contributed by atoms with Crippen LogP contribution in [0.5, 0.6) is 5.75 Å². The third-order valence-electron chi connectivity index (χ3n) is 2.68. The van der Waals surface area contributed by atoms with E-state index in [-0.39, 0.29) is 18.6 Å². The Labute approximate surface area is 121 Å². The van der Waals surface area contributed by atoms with Crippen LogP contribution in [0.25, 0.3) is 6.08 Å². The van der Waals surface area contributed by atoms with Gasteiger partial charge in [-0.1, -0.05) is 11.6 Å². The van der Waals surface area contributed by atoms with Gasteiger partial charge in [0.1, 0.15) is 5.75 Å². The summed E-state index contributed by atoms with van der Waals surface area (Å²) in [5.74, 6) is -0.837. The van der Waals surface area contributed by atoms with E-state index in [1.807, 2.05) is 0 Å². The highest BCUT2D eigenvalue weighted by molar-refractivity contribution is 6.30. The Balaban J connectivity index is 2.01. The van der Waals surface area contributed by atoms with E-state index < -0.39 is 5.97 Å². The number of ether oxygens (including phenoxy) is 1. The summed E-state index contributed by atoms with van der Waals surface area (Å²) in [4.78, 5) is 22.1. The highest BCUT2D eigenvalue weighted by atomic mass is 35.5. The number of hydrogen-bond donors (Lipinski definition) is 2. The lowest BCUT2D eigenvalue weighted by molar-refractivity contribution is -0.131. The fourth-order valence-corrected chi connectivity index (χ4v) is 1.76. The topological polar surface area (TPSA) is 75.6 Å². The van der Waals surface area contributed by atoms with E-state index in [1.54, 1.807) is 18.2 Å². The molecular weight excluding hydrogens is 282 g/mol. The zero-order valence-corrected chi connectivity index (χ0v) is 11.4. The predicted octanol–water partition coefficient (Wildman–Crippen LogP) is 2.10. The van der Waals surface area contributed by atoms with E-state index in [4.69, 9.17) is 21.4 Å². The average molecular weight is 296 g/mol. The number of carboxylic acids is 1. The summed E-state index contributed by atoms with van der Waals surface area (Å²) in [5.41, 5.74) is 0.513. The Bertz CT molecular complexity index is 552. The van der Waals surface area contributed by atoms with Crippen LogP contribution in [-0.2, 0) is 9.59 Å². The number of benzene rings is 1. The van der Waals surface area contributed by atoms with Crippen molar-refractivity contribution in [2.75, 3.05) is 6.61 Å². The third-order valence-corrected chi connectivity index (χ3v) is 2.91. The molecule has 5 nitrogen and oxygen atoms in total. The molecule has 2 rings (SSSR count). The van der Waals surface area contributed by atoms with Gasteiger partial charge >= 0.3 is 5.97 Å². The van der Waals surface area contributed by atoms with Crippen LogP contribution in [0, 0.1) is 0 Å². The molecule has 0 bridgehead atoms. The van der Waals surface area contributed by atoms with Crippen molar-refractivity contribution in [2.24, 2.45) is 0 Å². The first-order valence-electron chi connectivity index (χ1n) is 6.17. The lowest BCUT2D eigenvalue weighted by atomic mass is 10.2. The minimum atomic E-state index is -1.07. The van der Waals surface area contributed by atoms with Crippen molar-refractivity contribution in [3.05, 3.63) is 34.9 Å². The minimum absolute atomic E-state index is 0.105. The van der Waals surface area contributed by atoms with Crippen LogP contribution in [0.15, 0.2) is 24.3 Å². The molecule has 0 spiro atoms. The van der Waals surface area contributed by atoms with Crippen molar-refractivity contribution in [2.45, 2.75) is 18.9 Å². The molecule has 1 aliphatic rings. The van der Waals surface area contributed by atoms with Crippen molar-refractivity contribution >= 4 is 29.6 Å². The lowest BCUT2D eigenvalue weighted by Crippen LogP contribution is -2.30. The molecule has 6 heteroatoms. The Morgan fingerprint density at radius 3 is 2.85 bits per heavy atom. The summed E-state index contributed by atoms with van der Waals surface area (Å²) in [6.07, 6.45) is 4.39. The van der Waals surface area contributed by atoms with Gasteiger partial charge in [-0.2, -0.15) is 0 Å². The number of aliphatic carboxylic acids is 1. The van der Waals surface area contributed by atoms with Crippen LogP contribution in [0.2, 0.25) is 5.02 Å². The highest BCUT2D eigenvalue weighted by Crippen LogP contribution is 2.24. The van der Waals surface area contributed by atoms with Crippen LogP contribution in [0.4, 0.5) is 0 Å². The van der Waals surface area contributed by atoms with E-state index in [0.29, 0.717) is 16.3 Å². The SMILES string of the molecule is O=C(O)/C=C/c1cc(Cl)ccc1OCC(=O)NC1CC1. The first-order valence-corrected chi connectivity index (χ1v) is 6.55. The molecule has 1 fully saturated rings. The molecule has 0 atom stereocenters. The van der Waals surface area contributed by atoms with Gasteiger partial charge in [0.2, 0.25) is 0 Å². The highest BCUT2D eigenvalue weighted by Gasteiger charge is 2.23. The van der Waals surface area contributed by atoms with Crippen molar-refractivity contribution in [3.63, 3.8) is 0 Å².